The highest BCUT2D eigenvalue weighted by atomic mass is 16.1. The maximum absolute atomic E-state index is 12.1. The maximum atomic E-state index is 12.1. The summed E-state index contributed by atoms with van der Waals surface area (Å²) in [5, 5.41) is 4.70. The molecule has 2 aromatic heterocycles. The molecule has 0 aliphatic heterocycles. The number of aromatic nitrogens is 2. The fourth-order valence-corrected chi connectivity index (χ4v) is 3.30. The Bertz CT molecular complexity index is 701. The first kappa shape index (κ1) is 18.7. The van der Waals surface area contributed by atoms with E-state index >= 15 is 0 Å². The van der Waals surface area contributed by atoms with Gasteiger partial charge in [0.25, 0.3) is 5.56 Å². The molecule has 0 fully saturated rings. The van der Waals surface area contributed by atoms with Crippen molar-refractivity contribution in [3.63, 3.8) is 0 Å². The van der Waals surface area contributed by atoms with Gasteiger partial charge in [0, 0.05) is 43.5 Å². The molecule has 2 N–H and O–H groups in total. The monoisotopic (exact) mass is 332 g/mol. The van der Waals surface area contributed by atoms with Crippen molar-refractivity contribution in [3.8, 4) is 0 Å². The van der Waals surface area contributed by atoms with Crippen LogP contribution >= 0.6 is 0 Å². The summed E-state index contributed by atoms with van der Waals surface area (Å²) in [4.78, 5) is 17.7. The minimum absolute atomic E-state index is 0.0290. The first-order valence-electron chi connectivity index (χ1n) is 9.10. The third-order valence-electron chi connectivity index (χ3n) is 4.95. The topological polar surface area (TPSA) is 53.1 Å². The van der Waals surface area contributed by atoms with Crippen LogP contribution in [0, 0.1) is 0 Å². The number of nitrogens with zero attached hydrogens (tertiary/aromatic N) is 2. The Morgan fingerprint density at radius 3 is 2.71 bits per heavy atom. The number of hydrogen-bond donors (Lipinski definition) is 2. The summed E-state index contributed by atoms with van der Waals surface area (Å²) in [6, 6.07) is 3.08. The third kappa shape index (κ3) is 4.28. The lowest BCUT2D eigenvalue weighted by Gasteiger charge is -2.27. The van der Waals surface area contributed by atoms with Gasteiger partial charge in [-0.15, -0.1) is 0 Å². The van der Waals surface area contributed by atoms with Crippen molar-refractivity contribution in [1.82, 2.24) is 19.8 Å². The normalized spacial score (nSPS) is 13.3. The number of aromatic amines is 1. The van der Waals surface area contributed by atoms with E-state index in [9.17, 15) is 4.79 Å². The molecule has 0 aliphatic rings. The largest absolute Gasteiger partial charge is 0.357 e. The fraction of sp³-hybridized carbons (Fsp3) is 0.632. The molecule has 24 heavy (non-hydrogen) atoms. The lowest BCUT2D eigenvalue weighted by atomic mass is 10.1. The zero-order valence-electron chi connectivity index (χ0n) is 15.7. The van der Waals surface area contributed by atoms with Crippen LogP contribution in [0.25, 0.3) is 10.9 Å². The quantitative estimate of drug-likeness (QED) is 0.742. The van der Waals surface area contributed by atoms with Gasteiger partial charge < -0.3 is 19.8 Å². The molecule has 5 nitrogen and oxygen atoms in total. The fourth-order valence-electron chi connectivity index (χ4n) is 3.30. The van der Waals surface area contributed by atoms with E-state index in [4.69, 9.17) is 0 Å². The minimum atomic E-state index is 0.0290. The summed E-state index contributed by atoms with van der Waals surface area (Å²) >= 11 is 0. The van der Waals surface area contributed by atoms with E-state index in [0.717, 1.165) is 37.9 Å². The zero-order valence-corrected chi connectivity index (χ0v) is 15.7. The van der Waals surface area contributed by atoms with E-state index in [1.54, 1.807) is 4.57 Å². The molecule has 0 radical (unpaired) electrons. The number of H-pyrrole nitrogens is 1. The lowest BCUT2D eigenvalue weighted by Crippen LogP contribution is -2.37. The molecule has 0 spiro atoms. The van der Waals surface area contributed by atoms with Gasteiger partial charge in [-0.1, -0.05) is 13.8 Å². The van der Waals surface area contributed by atoms with Crippen LogP contribution in [0.15, 0.2) is 23.3 Å². The molecule has 0 amide bonds. The second kappa shape index (κ2) is 8.49. The highest BCUT2D eigenvalue weighted by molar-refractivity contribution is 5.81. The van der Waals surface area contributed by atoms with E-state index in [-0.39, 0.29) is 5.56 Å². The summed E-state index contributed by atoms with van der Waals surface area (Å²) < 4.78 is 1.66. The molecule has 0 saturated carbocycles. The third-order valence-corrected chi connectivity index (χ3v) is 4.95. The van der Waals surface area contributed by atoms with Gasteiger partial charge in [-0.2, -0.15) is 0 Å². The van der Waals surface area contributed by atoms with Gasteiger partial charge in [0.1, 0.15) is 5.52 Å². The number of nitrogens with one attached hydrogen (secondary N) is 2. The summed E-state index contributed by atoms with van der Waals surface area (Å²) in [5.74, 6) is 0. The molecule has 5 heteroatoms. The van der Waals surface area contributed by atoms with Gasteiger partial charge in [-0.3, -0.25) is 4.79 Å². The predicted molar refractivity (Wildman–Crippen MR) is 101 cm³/mol. The molecule has 0 bridgehead atoms. The van der Waals surface area contributed by atoms with Crippen molar-refractivity contribution in [3.05, 3.63) is 34.4 Å². The van der Waals surface area contributed by atoms with Gasteiger partial charge >= 0.3 is 0 Å². The van der Waals surface area contributed by atoms with E-state index in [2.05, 4.69) is 42.9 Å². The van der Waals surface area contributed by atoms with Crippen LogP contribution in [0.3, 0.4) is 0 Å². The van der Waals surface area contributed by atoms with E-state index in [0.29, 0.717) is 17.6 Å². The number of hydrogen-bond acceptors (Lipinski definition) is 3. The Morgan fingerprint density at radius 2 is 2.08 bits per heavy atom. The Kier molecular flexibility index (Phi) is 6.63. The van der Waals surface area contributed by atoms with Gasteiger partial charge in [0.05, 0.1) is 0 Å². The van der Waals surface area contributed by atoms with Crippen molar-refractivity contribution in [2.24, 2.45) is 7.05 Å². The smallest absolute Gasteiger partial charge is 0.274 e. The van der Waals surface area contributed by atoms with Crippen molar-refractivity contribution in [1.29, 1.82) is 0 Å². The van der Waals surface area contributed by atoms with Gasteiger partial charge in [-0.05, 0) is 51.4 Å². The average molecular weight is 332 g/mol. The standard InChI is InChI=1S/C19H32N4O/c1-6-16(9-11-23(7-2)14(3)4)21-12-15-13-22(5)19(24)18-17(15)8-10-20-18/h8,10,13-14,16,20-21H,6-7,9,11-12H2,1-5H3/t16-/m0/s1. The SMILES string of the molecule is CC[C@@H](CCN(CC)C(C)C)NCc1cn(C)c(=O)c2[nH]ccc12. The average Bonchev–Trinajstić information content (AvgIpc) is 3.04. The molecule has 0 aromatic carbocycles. The summed E-state index contributed by atoms with van der Waals surface area (Å²) in [7, 11) is 1.81. The maximum Gasteiger partial charge on any atom is 0.274 e. The van der Waals surface area contributed by atoms with Crippen LogP contribution in [0.4, 0.5) is 0 Å². The molecular weight excluding hydrogens is 300 g/mol. The van der Waals surface area contributed by atoms with E-state index in [1.807, 2.05) is 25.5 Å². The number of rotatable bonds is 9. The second-order valence-electron chi connectivity index (χ2n) is 6.83. The van der Waals surface area contributed by atoms with Crippen molar-refractivity contribution in [2.75, 3.05) is 13.1 Å². The molecule has 2 heterocycles. The number of aryl methyl sites for hydroxylation is 1. The van der Waals surface area contributed by atoms with Crippen LogP contribution in [0.5, 0.6) is 0 Å². The van der Waals surface area contributed by atoms with Gasteiger partial charge in [0.15, 0.2) is 0 Å². The zero-order chi connectivity index (χ0) is 17.7. The molecule has 0 saturated heterocycles. The van der Waals surface area contributed by atoms with Gasteiger partial charge in [0.2, 0.25) is 0 Å². The molecule has 2 rings (SSSR count). The molecule has 2 aromatic rings. The summed E-state index contributed by atoms with van der Waals surface area (Å²) in [6.07, 6.45) is 6.04. The predicted octanol–water partition coefficient (Wildman–Crippen LogP) is 2.86. The van der Waals surface area contributed by atoms with Crippen molar-refractivity contribution >= 4 is 10.9 Å². The summed E-state index contributed by atoms with van der Waals surface area (Å²) in [5.41, 5.74) is 1.89. The Hall–Kier alpha value is -1.59. The van der Waals surface area contributed by atoms with E-state index in [1.165, 1.54) is 5.56 Å². The van der Waals surface area contributed by atoms with Crippen LogP contribution < -0.4 is 10.9 Å². The molecule has 134 valence electrons. The molecule has 0 unspecified atom stereocenters. The highest BCUT2D eigenvalue weighted by Crippen LogP contribution is 2.14. The number of pyridine rings is 1. The first-order chi connectivity index (χ1) is 11.5. The Labute approximate surface area is 145 Å². The van der Waals surface area contributed by atoms with E-state index < -0.39 is 0 Å². The van der Waals surface area contributed by atoms with Gasteiger partial charge in [-0.25, -0.2) is 0 Å². The molecule has 1 atom stereocenters. The van der Waals surface area contributed by atoms with Crippen molar-refractivity contribution in [2.45, 2.75) is 59.2 Å². The Morgan fingerprint density at radius 1 is 1.33 bits per heavy atom. The lowest BCUT2D eigenvalue weighted by molar-refractivity contribution is 0.218. The van der Waals surface area contributed by atoms with Crippen LogP contribution in [0.2, 0.25) is 0 Å². The minimum Gasteiger partial charge on any atom is -0.357 e. The second-order valence-corrected chi connectivity index (χ2v) is 6.83. The summed E-state index contributed by atoms with van der Waals surface area (Å²) in [6.45, 7) is 12.0. The first-order valence-corrected chi connectivity index (χ1v) is 9.10. The van der Waals surface area contributed by atoms with Crippen LogP contribution in [-0.2, 0) is 13.6 Å². The highest BCUT2D eigenvalue weighted by Gasteiger charge is 2.13. The van der Waals surface area contributed by atoms with Crippen molar-refractivity contribution < 1.29 is 0 Å². The molecular formula is C19H32N4O. The molecule has 0 aliphatic carbocycles. The number of fused-ring (bicyclic) bond motifs is 1. The van der Waals surface area contributed by atoms with Crippen LogP contribution in [-0.4, -0.2) is 39.6 Å². The van der Waals surface area contributed by atoms with Crippen LogP contribution in [0.1, 0.15) is 46.1 Å². The Balaban J connectivity index is 2.02.